The molecule has 142 valence electrons. The van der Waals surface area contributed by atoms with Gasteiger partial charge in [-0.1, -0.05) is 60.2 Å². The van der Waals surface area contributed by atoms with Crippen LogP contribution in [0.5, 0.6) is 0 Å². The van der Waals surface area contributed by atoms with Gasteiger partial charge in [0.1, 0.15) is 0 Å². The third kappa shape index (κ3) is 5.45. The highest BCUT2D eigenvalue weighted by molar-refractivity contribution is 6.08. The molecule has 0 unspecified atom stereocenters. The third-order valence-electron chi connectivity index (χ3n) is 4.25. The van der Waals surface area contributed by atoms with E-state index in [2.05, 4.69) is 16.0 Å². The molecule has 5 nitrogen and oxygen atoms in total. The van der Waals surface area contributed by atoms with Crippen LogP contribution in [0.4, 0.5) is 11.4 Å². The number of amides is 2. The molecule has 0 aliphatic carbocycles. The van der Waals surface area contributed by atoms with Crippen molar-refractivity contribution < 1.29 is 9.59 Å². The summed E-state index contributed by atoms with van der Waals surface area (Å²) in [7, 11) is 0. The summed E-state index contributed by atoms with van der Waals surface area (Å²) >= 11 is 0. The fourth-order valence-corrected chi connectivity index (χ4v) is 2.70. The molecular weight excluding hydrogens is 350 g/mol. The molecule has 0 radical (unpaired) electrons. The van der Waals surface area contributed by atoms with Gasteiger partial charge >= 0.3 is 0 Å². The lowest BCUT2D eigenvalue weighted by Crippen LogP contribution is -2.30. The fraction of sp³-hybridized carbons (Fsp3) is 0.130. The monoisotopic (exact) mass is 373 g/mol. The number of carbonyl (C=O) groups is 2. The molecule has 28 heavy (non-hydrogen) atoms. The van der Waals surface area contributed by atoms with Crippen LogP contribution in [0.25, 0.3) is 0 Å². The first kappa shape index (κ1) is 19.2. The van der Waals surface area contributed by atoms with Crippen LogP contribution in [0.1, 0.15) is 21.5 Å². The maximum Gasteiger partial charge on any atom is 0.257 e. The molecule has 3 N–H and O–H groups in total. The molecule has 0 aliphatic rings. The van der Waals surface area contributed by atoms with Gasteiger partial charge in [0, 0.05) is 17.9 Å². The summed E-state index contributed by atoms with van der Waals surface area (Å²) in [6.45, 7) is 2.58. The summed E-state index contributed by atoms with van der Waals surface area (Å²) in [5.41, 5.74) is 4.04. The van der Waals surface area contributed by atoms with Crippen LogP contribution in [-0.4, -0.2) is 18.4 Å². The number of para-hydroxylation sites is 2. The summed E-state index contributed by atoms with van der Waals surface area (Å²) in [5, 5.41) is 8.79. The molecule has 2 amide bonds. The van der Waals surface area contributed by atoms with E-state index < -0.39 is 0 Å². The first-order valence-electron chi connectivity index (χ1n) is 9.13. The SMILES string of the molecule is Cc1ccc(CNC(=O)CNc2ccccc2C(=O)Nc2ccccc2)cc1. The molecule has 3 rings (SSSR count). The summed E-state index contributed by atoms with van der Waals surface area (Å²) < 4.78 is 0. The molecule has 5 heteroatoms. The first-order chi connectivity index (χ1) is 13.6. The molecule has 0 saturated heterocycles. The van der Waals surface area contributed by atoms with Crippen molar-refractivity contribution >= 4 is 23.2 Å². The van der Waals surface area contributed by atoms with Crippen molar-refractivity contribution in [2.24, 2.45) is 0 Å². The van der Waals surface area contributed by atoms with Gasteiger partial charge in [0.2, 0.25) is 5.91 Å². The van der Waals surface area contributed by atoms with E-state index in [1.54, 1.807) is 18.2 Å². The summed E-state index contributed by atoms with van der Waals surface area (Å²) in [5.74, 6) is -0.367. The fourth-order valence-electron chi connectivity index (χ4n) is 2.70. The summed E-state index contributed by atoms with van der Waals surface area (Å²) in [6.07, 6.45) is 0. The van der Waals surface area contributed by atoms with E-state index in [0.717, 1.165) is 11.3 Å². The van der Waals surface area contributed by atoms with Gasteiger partial charge in [-0.05, 0) is 36.8 Å². The number of anilines is 2. The molecule has 3 aromatic rings. The number of nitrogens with one attached hydrogen (secondary N) is 3. The smallest absolute Gasteiger partial charge is 0.257 e. The normalized spacial score (nSPS) is 10.2. The van der Waals surface area contributed by atoms with Gasteiger partial charge < -0.3 is 16.0 Å². The van der Waals surface area contributed by atoms with Gasteiger partial charge in [-0.15, -0.1) is 0 Å². The van der Waals surface area contributed by atoms with Crippen LogP contribution in [0, 0.1) is 6.92 Å². The number of rotatable bonds is 7. The van der Waals surface area contributed by atoms with E-state index >= 15 is 0 Å². The highest BCUT2D eigenvalue weighted by Gasteiger charge is 2.12. The van der Waals surface area contributed by atoms with E-state index in [1.807, 2.05) is 67.6 Å². The largest absolute Gasteiger partial charge is 0.376 e. The second-order valence-corrected chi connectivity index (χ2v) is 6.48. The van der Waals surface area contributed by atoms with E-state index in [4.69, 9.17) is 0 Å². The highest BCUT2D eigenvalue weighted by Crippen LogP contribution is 2.17. The Balaban J connectivity index is 1.56. The molecule has 0 heterocycles. The molecule has 0 fully saturated rings. The van der Waals surface area contributed by atoms with E-state index in [1.165, 1.54) is 5.56 Å². The molecule has 0 spiro atoms. The van der Waals surface area contributed by atoms with Crippen LogP contribution in [0.2, 0.25) is 0 Å². The first-order valence-corrected chi connectivity index (χ1v) is 9.13. The van der Waals surface area contributed by atoms with Gasteiger partial charge in [-0.2, -0.15) is 0 Å². The minimum atomic E-state index is -0.227. The molecule has 0 atom stereocenters. The molecule has 3 aromatic carbocycles. The number of hydrogen-bond acceptors (Lipinski definition) is 3. The lowest BCUT2D eigenvalue weighted by atomic mass is 10.1. The molecule has 0 saturated carbocycles. The van der Waals surface area contributed by atoms with Crippen molar-refractivity contribution in [2.45, 2.75) is 13.5 Å². The van der Waals surface area contributed by atoms with Gasteiger partial charge in [0.05, 0.1) is 12.1 Å². The molecule has 0 aromatic heterocycles. The maximum atomic E-state index is 12.6. The molecule has 0 bridgehead atoms. The van der Waals surface area contributed by atoms with Crippen LogP contribution in [-0.2, 0) is 11.3 Å². The predicted molar refractivity (Wildman–Crippen MR) is 112 cm³/mol. The second-order valence-electron chi connectivity index (χ2n) is 6.48. The Morgan fingerprint density at radius 3 is 2.25 bits per heavy atom. The van der Waals surface area contributed by atoms with Gasteiger partial charge in [0.25, 0.3) is 5.91 Å². The van der Waals surface area contributed by atoms with Gasteiger partial charge in [-0.25, -0.2) is 0 Å². The molecule has 0 aliphatic heterocycles. The van der Waals surface area contributed by atoms with Crippen molar-refractivity contribution in [1.29, 1.82) is 0 Å². The number of carbonyl (C=O) groups excluding carboxylic acids is 2. The van der Waals surface area contributed by atoms with E-state index in [0.29, 0.717) is 17.8 Å². The zero-order valence-corrected chi connectivity index (χ0v) is 15.7. The van der Waals surface area contributed by atoms with Crippen molar-refractivity contribution in [3.8, 4) is 0 Å². The van der Waals surface area contributed by atoms with Gasteiger partial charge in [0.15, 0.2) is 0 Å². The zero-order chi connectivity index (χ0) is 19.8. The minimum absolute atomic E-state index is 0.0848. The highest BCUT2D eigenvalue weighted by atomic mass is 16.2. The van der Waals surface area contributed by atoms with Crippen molar-refractivity contribution in [3.05, 3.63) is 95.6 Å². The summed E-state index contributed by atoms with van der Waals surface area (Å²) in [6, 6.07) is 24.4. The number of benzene rings is 3. The van der Waals surface area contributed by atoms with Crippen LogP contribution >= 0.6 is 0 Å². The Kier molecular flexibility index (Phi) is 6.41. The van der Waals surface area contributed by atoms with Crippen LogP contribution < -0.4 is 16.0 Å². The Bertz CT molecular complexity index is 938. The van der Waals surface area contributed by atoms with Crippen molar-refractivity contribution in [3.63, 3.8) is 0 Å². The van der Waals surface area contributed by atoms with E-state index in [-0.39, 0.29) is 18.4 Å². The second kappa shape index (κ2) is 9.37. The standard InChI is InChI=1S/C23H23N3O2/c1-17-11-13-18(14-12-17)15-25-22(27)16-24-21-10-6-5-9-20(21)23(28)26-19-7-3-2-4-8-19/h2-14,24H,15-16H2,1H3,(H,25,27)(H,26,28). The Hall–Kier alpha value is -3.60. The summed E-state index contributed by atoms with van der Waals surface area (Å²) in [4.78, 5) is 24.7. The Labute approximate surface area is 164 Å². The zero-order valence-electron chi connectivity index (χ0n) is 15.7. The lowest BCUT2D eigenvalue weighted by Gasteiger charge is -2.12. The van der Waals surface area contributed by atoms with E-state index in [9.17, 15) is 9.59 Å². The minimum Gasteiger partial charge on any atom is -0.376 e. The van der Waals surface area contributed by atoms with Crippen molar-refractivity contribution in [1.82, 2.24) is 5.32 Å². The maximum absolute atomic E-state index is 12.6. The topological polar surface area (TPSA) is 70.2 Å². The average molecular weight is 373 g/mol. The van der Waals surface area contributed by atoms with Crippen LogP contribution in [0.15, 0.2) is 78.9 Å². The van der Waals surface area contributed by atoms with Gasteiger partial charge in [-0.3, -0.25) is 9.59 Å². The average Bonchev–Trinajstić information content (AvgIpc) is 2.73. The molecular formula is C23H23N3O2. The predicted octanol–water partition coefficient (Wildman–Crippen LogP) is 3.98. The third-order valence-corrected chi connectivity index (χ3v) is 4.25. The van der Waals surface area contributed by atoms with Crippen LogP contribution in [0.3, 0.4) is 0 Å². The van der Waals surface area contributed by atoms with Crippen molar-refractivity contribution in [2.75, 3.05) is 17.2 Å². The number of hydrogen-bond donors (Lipinski definition) is 3. The lowest BCUT2D eigenvalue weighted by molar-refractivity contribution is -0.119. The Morgan fingerprint density at radius 2 is 1.50 bits per heavy atom. The quantitative estimate of drug-likeness (QED) is 0.587. The number of aryl methyl sites for hydroxylation is 1. The Morgan fingerprint density at radius 1 is 0.821 bits per heavy atom.